The zero-order valence-corrected chi connectivity index (χ0v) is 22.8. The molecule has 7 nitrogen and oxygen atoms in total. The molecule has 0 spiro atoms. The van der Waals surface area contributed by atoms with E-state index in [4.69, 9.17) is 21.7 Å². The number of rotatable bonds is 8. The fourth-order valence-corrected chi connectivity index (χ4v) is 4.77. The first-order valence-corrected chi connectivity index (χ1v) is 12.6. The van der Waals surface area contributed by atoms with Crippen molar-refractivity contribution in [2.45, 2.75) is 13.3 Å². The number of hydrogen-bond donors (Lipinski definition) is 3. The van der Waals surface area contributed by atoms with E-state index in [1.54, 1.807) is 24.3 Å². The molecule has 3 aromatic carbocycles. The standard InChI is InChI=1S/C25H23Br2N3O4S/c1-16-13-18(26)14-20(27)23(16)34-15-22(31)29-30-25(35)28-24(32)19-9-5-6-10-21(19)33-12-11-17-7-3-2-4-8-17/h2-10,13-14H,11-12,15H2,1H3,(H,29,31)(H2,28,30,32,35). The third-order valence-corrected chi connectivity index (χ3v) is 5.96. The number of aryl methyl sites for hydroxylation is 1. The number of carbonyl (C=O) groups is 2. The normalized spacial score (nSPS) is 10.3. The highest BCUT2D eigenvalue weighted by Crippen LogP contribution is 2.32. The van der Waals surface area contributed by atoms with Gasteiger partial charge in [0.2, 0.25) is 0 Å². The Labute approximate surface area is 225 Å². The van der Waals surface area contributed by atoms with Crippen LogP contribution in [-0.2, 0) is 11.2 Å². The van der Waals surface area contributed by atoms with Crippen molar-refractivity contribution in [3.8, 4) is 11.5 Å². The van der Waals surface area contributed by atoms with Crippen LogP contribution in [0.3, 0.4) is 0 Å². The molecule has 10 heteroatoms. The second-order valence-corrected chi connectivity index (χ2v) is 9.54. The minimum atomic E-state index is -0.472. The molecule has 0 saturated carbocycles. The van der Waals surface area contributed by atoms with Crippen molar-refractivity contribution in [2.75, 3.05) is 13.2 Å². The average Bonchev–Trinajstić information content (AvgIpc) is 2.83. The molecule has 182 valence electrons. The number of carbonyl (C=O) groups excluding carboxylic acids is 2. The summed E-state index contributed by atoms with van der Waals surface area (Å²) >= 11 is 11.9. The first-order valence-electron chi connectivity index (χ1n) is 10.6. The number of halogens is 2. The van der Waals surface area contributed by atoms with Crippen molar-refractivity contribution >= 4 is 61.0 Å². The third-order valence-electron chi connectivity index (χ3n) is 4.71. The number of amides is 2. The number of hydrazine groups is 1. The van der Waals surface area contributed by atoms with Crippen LogP contribution in [-0.4, -0.2) is 30.1 Å². The van der Waals surface area contributed by atoms with Crippen molar-refractivity contribution in [1.29, 1.82) is 0 Å². The van der Waals surface area contributed by atoms with Gasteiger partial charge in [0.25, 0.3) is 11.8 Å². The van der Waals surface area contributed by atoms with Crippen molar-refractivity contribution in [1.82, 2.24) is 16.2 Å². The molecule has 0 bridgehead atoms. The smallest absolute Gasteiger partial charge is 0.276 e. The Morgan fingerprint density at radius 2 is 1.66 bits per heavy atom. The second-order valence-electron chi connectivity index (χ2n) is 7.36. The molecule has 0 radical (unpaired) electrons. The topological polar surface area (TPSA) is 88.7 Å². The lowest BCUT2D eigenvalue weighted by Gasteiger charge is -2.14. The van der Waals surface area contributed by atoms with Crippen molar-refractivity contribution in [3.05, 3.63) is 92.4 Å². The van der Waals surface area contributed by atoms with Crippen LogP contribution in [0.15, 0.2) is 75.7 Å². The first kappa shape index (κ1) is 26.7. The van der Waals surface area contributed by atoms with Gasteiger partial charge >= 0.3 is 0 Å². The van der Waals surface area contributed by atoms with E-state index < -0.39 is 11.8 Å². The van der Waals surface area contributed by atoms with Gasteiger partial charge in [-0.25, -0.2) is 0 Å². The van der Waals surface area contributed by atoms with Crippen LogP contribution in [0.4, 0.5) is 0 Å². The summed E-state index contributed by atoms with van der Waals surface area (Å²) in [7, 11) is 0. The predicted octanol–water partition coefficient (Wildman–Crippen LogP) is 4.86. The molecule has 3 N–H and O–H groups in total. The Balaban J connectivity index is 1.46. The van der Waals surface area contributed by atoms with Crippen LogP contribution in [0.1, 0.15) is 21.5 Å². The zero-order valence-electron chi connectivity index (χ0n) is 18.8. The Morgan fingerprint density at radius 1 is 0.943 bits per heavy atom. The van der Waals surface area contributed by atoms with Crippen molar-refractivity contribution in [3.63, 3.8) is 0 Å². The summed E-state index contributed by atoms with van der Waals surface area (Å²) in [4.78, 5) is 24.8. The highest BCUT2D eigenvalue weighted by molar-refractivity contribution is 9.11. The summed E-state index contributed by atoms with van der Waals surface area (Å²) in [5.74, 6) is 0.0675. The molecule has 0 aliphatic carbocycles. The number of para-hydroxylation sites is 1. The lowest BCUT2D eigenvalue weighted by atomic mass is 10.1. The molecule has 0 aliphatic heterocycles. The largest absolute Gasteiger partial charge is 0.492 e. The maximum atomic E-state index is 12.7. The Bertz CT molecular complexity index is 1190. The monoisotopic (exact) mass is 619 g/mol. The predicted molar refractivity (Wildman–Crippen MR) is 145 cm³/mol. The molecule has 0 unspecified atom stereocenters. The van der Waals surface area contributed by atoms with Gasteiger partial charge in [-0.15, -0.1) is 0 Å². The molecule has 0 atom stereocenters. The highest BCUT2D eigenvalue weighted by Gasteiger charge is 2.14. The average molecular weight is 621 g/mol. The van der Waals surface area contributed by atoms with Gasteiger partial charge in [-0.1, -0.05) is 58.4 Å². The Hall–Kier alpha value is -2.95. The summed E-state index contributed by atoms with van der Waals surface area (Å²) in [6, 6.07) is 20.5. The van der Waals surface area contributed by atoms with E-state index in [1.165, 1.54) is 0 Å². The van der Waals surface area contributed by atoms with Crippen LogP contribution in [0, 0.1) is 6.92 Å². The van der Waals surface area contributed by atoms with Crippen molar-refractivity contribution in [2.24, 2.45) is 0 Å². The van der Waals surface area contributed by atoms with Crippen LogP contribution < -0.4 is 25.6 Å². The second kappa shape index (κ2) is 13.2. The van der Waals surface area contributed by atoms with Crippen LogP contribution in [0.2, 0.25) is 0 Å². The van der Waals surface area contributed by atoms with Gasteiger partial charge < -0.3 is 9.47 Å². The molecule has 0 fully saturated rings. The summed E-state index contributed by atoms with van der Waals surface area (Å²) in [5.41, 5.74) is 7.23. The molecule has 0 heterocycles. The zero-order chi connectivity index (χ0) is 25.2. The molecule has 0 aliphatic rings. The quantitative estimate of drug-likeness (QED) is 0.246. The van der Waals surface area contributed by atoms with E-state index in [-0.39, 0.29) is 11.7 Å². The van der Waals surface area contributed by atoms with Gasteiger partial charge in [0.05, 0.1) is 16.6 Å². The summed E-state index contributed by atoms with van der Waals surface area (Å²) < 4.78 is 13.0. The molecule has 3 aromatic rings. The van der Waals surface area contributed by atoms with E-state index in [2.05, 4.69) is 48.0 Å². The highest BCUT2D eigenvalue weighted by atomic mass is 79.9. The van der Waals surface area contributed by atoms with E-state index >= 15 is 0 Å². The van der Waals surface area contributed by atoms with Gasteiger partial charge in [-0.3, -0.25) is 25.8 Å². The minimum Gasteiger partial charge on any atom is -0.492 e. The van der Waals surface area contributed by atoms with Gasteiger partial charge in [0.1, 0.15) is 11.5 Å². The molecule has 0 aromatic heterocycles. The fraction of sp³-hybridized carbons (Fsp3) is 0.160. The summed E-state index contributed by atoms with van der Waals surface area (Å²) in [6.07, 6.45) is 0.710. The van der Waals surface area contributed by atoms with E-state index in [9.17, 15) is 9.59 Å². The third kappa shape index (κ3) is 8.34. The van der Waals surface area contributed by atoms with Gasteiger partial charge in [0, 0.05) is 10.9 Å². The lowest BCUT2D eigenvalue weighted by molar-refractivity contribution is -0.123. The first-order chi connectivity index (χ1) is 16.8. The number of nitrogens with one attached hydrogen (secondary N) is 3. The van der Waals surface area contributed by atoms with E-state index in [0.29, 0.717) is 30.1 Å². The molecule has 3 rings (SSSR count). The molecule has 35 heavy (non-hydrogen) atoms. The van der Waals surface area contributed by atoms with Crippen molar-refractivity contribution < 1.29 is 19.1 Å². The lowest BCUT2D eigenvalue weighted by Crippen LogP contribution is -2.49. The Morgan fingerprint density at radius 3 is 2.40 bits per heavy atom. The minimum absolute atomic E-state index is 0.0663. The summed E-state index contributed by atoms with van der Waals surface area (Å²) in [6.45, 7) is 2.04. The molecule has 0 saturated heterocycles. The number of hydrogen-bond acceptors (Lipinski definition) is 5. The number of thiocarbonyl (C=S) groups is 1. The summed E-state index contributed by atoms with van der Waals surface area (Å²) in [5, 5.41) is 2.47. The van der Waals surface area contributed by atoms with Gasteiger partial charge in [-0.05, 0) is 70.5 Å². The molecular weight excluding hydrogens is 598 g/mol. The van der Waals surface area contributed by atoms with Crippen LogP contribution >= 0.6 is 44.1 Å². The van der Waals surface area contributed by atoms with E-state index in [0.717, 1.165) is 20.1 Å². The fourth-order valence-electron chi connectivity index (χ4n) is 3.08. The van der Waals surface area contributed by atoms with Gasteiger partial charge in [0.15, 0.2) is 11.7 Å². The molecular formula is C25H23Br2N3O4S. The maximum absolute atomic E-state index is 12.7. The Kier molecular flexibility index (Phi) is 10.1. The maximum Gasteiger partial charge on any atom is 0.276 e. The van der Waals surface area contributed by atoms with Gasteiger partial charge in [-0.2, -0.15) is 0 Å². The van der Waals surface area contributed by atoms with Crippen LogP contribution in [0.5, 0.6) is 11.5 Å². The van der Waals surface area contributed by atoms with E-state index in [1.807, 2.05) is 49.4 Å². The van der Waals surface area contributed by atoms with Crippen LogP contribution in [0.25, 0.3) is 0 Å². The SMILES string of the molecule is Cc1cc(Br)cc(Br)c1OCC(=O)NNC(=S)NC(=O)c1ccccc1OCCc1ccccc1. The molecule has 2 amide bonds. The number of ether oxygens (including phenoxy) is 2. The number of benzene rings is 3.